The fourth-order valence-electron chi connectivity index (χ4n) is 4.15. The summed E-state index contributed by atoms with van der Waals surface area (Å²) in [5.41, 5.74) is 9.02. The quantitative estimate of drug-likeness (QED) is 0.727. The van der Waals surface area contributed by atoms with Crippen molar-refractivity contribution >= 4 is 11.7 Å². The van der Waals surface area contributed by atoms with Gasteiger partial charge >= 0.3 is 0 Å². The molecule has 1 aromatic heterocycles. The van der Waals surface area contributed by atoms with E-state index in [9.17, 15) is 4.79 Å². The van der Waals surface area contributed by atoms with Crippen molar-refractivity contribution in [2.75, 3.05) is 5.32 Å². The lowest BCUT2D eigenvalue weighted by atomic mass is 9.98. The minimum atomic E-state index is -0.0711. The number of amides is 1. The molecule has 0 aliphatic heterocycles. The first-order chi connectivity index (χ1) is 12.9. The van der Waals surface area contributed by atoms with Crippen LogP contribution >= 0.6 is 0 Å². The van der Waals surface area contributed by atoms with E-state index in [0.29, 0.717) is 5.82 Å². The predicted molar refractivity (Wildman–Crippen MR) is 109 cm³/mol. The van der Waals surface area contributed by atoms with Gasteiger partial charge in [0.2, 0.25) is 0 Å². The van der Waals surface area contributed by atoms with Crippen LogP contribution in [0.5, 0.6) is 0 Å². The monoisotopic (exact) mass is 359 g/mol. The number of carbonyl (C=O) groups excluding carboxylic acids is 1. The number of fused-ring (bicyclic) bond motifs is 1. The SMILES string of the molecule is Cc1cc(C)cc(-n2nc(NC(=O)c3ccc(C)c4c3CCC4)cc2C)c1. The van der Waals surface area contributed by atoms with Crippen molar-refractivity contribution in [2.24, 2.45) is 0 Å². The minimum absolute atomic E-state index is 0.0711. The van der Waals surface area contributed by atoms with Gasteiger partial charge in [-0.3, -0.25) is 4.79 Å². The van der Waals surface area contributed by atoms with Gasteiger partial charge in [0, 0.05) is 17.3 Å². The summed E-state index contributed by atoms with van der Waals surface area (Å²) >= 11 is 0. The van der Waals surface area contributed by atoms with E-state index in [1.807, 2.05) is 23.7 Å². The molecule has 2 aromatic carbocycles. The van der Waals surface area contributed by atoms with Crippen LogP contribution in [0.4, 0.5) is 5.82 Å². The molecular weight excluding hydrogens is 334 g/mol. The second-order valence-electron chi connectivity index (χ2n) is 7.62. The molecule has 0 spiro atoms. The lowest BCUT2D eigenvalue weighted by molar-refractivity contribution is 0.102. The van der Waals surface area contributed by atoms with Crippen molar-refractivity contribution in [3.63, 3.8) is 0 Å². The van der Waals surface area contributed by atoms with Crippen LogP contribution in [0.3, 0.4) is 0 Å². The van der Waals surface area contributed by atoms with Gasteiger partial charge < -0.3 is 5.32 Å². The van der Waals surface area contributed by atoms with Crippen LogP contribution in [0, 0.1) is 27.7 Å². The zero-order chi connectivity index (χ0) is 19.1. The van der Waals surface area contributed by atoms with E-state index in [1.54, 1.807) is 0 Å². The molecule has 1 amide bonds. The molecule has 4 heteroatoms. The lowest BCUT2D eigenvalue weighted by Crippen LogP contribution is -2.15. The summed E-state index contributed by atoms with van der Waals surface area (Å²) in [6.07, 6.45) is 3.18. The molecule has 0 atom stereocenters. The molecule has 4 rings (SSSR count). The normalized spacial score (nSPS) is 12.9. The van der Waals surface area contributed by atoms with Gasteiger partial charge in [-0.05, 0) is 93.0 Å². The Balaban J connectivity index is 1.63. The van der Waals surface area contributed by atoms with Crippen LogP contribution in [-0.2, 0) is 12.8 Å². The molecule has 27 heavy (non-hydrogen) atoms. The Labute approximate surface area is 160 Å². The Morgan fingerprint density at radius 1 is 0.963 bits per heavy atom. The largest absolute Gasteiger partial charge is 0.305 e. The number of benzene rings is 2. The second-order valence-corrected chi connectivity index (χ2v) is 7.62. The molecule has 1 aliphatic rings. The van der Waals surface area contributed by atoms with Gasteiger partial charge in [-0.1, -0.05) is 12.1 Å². The van der Waals surface area contributed by atoms with E-state index in [1.165, 1.54) is 27.8 Å². The maximum Gasteiger partial charge on any atom is 0.257 e. The third kappa shape index (κ3) is 3.27. The maximum atomic E-state index is 12.9. The minimum Gasteiger partial charge on any atom is -0.305 e. The standard InChI is InChI=1S/C23H25N3O/c1-14-10-15(2)12-18(11-14)26-17(4)13-22(25-26)24-23(27)21-9-8-16(3)19-6-5-7-20(19)21/h8-13H,5-7H2,1-4H3,(H,24,25,27). The lowest BCUT2D eigenvalue weighted by Gasteiger charge is -2.10. The summed E-state index contributed by atoms with van der Waals surface area (Å²) in [4.78, 5) is 12.9. The number of carbonyl (C=O) groups is 1. The number of aromatic nitrogens is 2. The van der Waals surface area contributed by atoms with Crippen molar-refractivity contribution in [1.82, 2.24) is 9.78 Å². The van der Waals surface area contributed by atoms with E-state index in [4.69, 9.17) is 0 Å². The van der Waals surface area contributed by atoms with Crippen LogP contribution < -0.4 is 5.32 Å². The molecule has 1 N–H and O–H groups in total. The highest BCUT2D eigenvalue weighted by molar-refractivity contribution is 6.05. The van der Waals surface area contributed by atoms with Crippen molar-refractivity contribution < 1.29 is 4.79 Å². The molecule has 1 heterocycles. The summed E-state index contributed by atoms with van der Waals surface area (Å²) in [5.74, 6) is 0.516. The van der Waals surface area contributed by atoms with Crippen LogP contribution in [0.1, 0.15) is 50.3 Å². The first-order valence-corrected chi connectivity index (χ1v) is 9.50. The Bertz CT molecular complexity index is 1030. The number of anilines is 1. The third-order valence-electron chi connectivity index (χ3n) is 5.34. The van der Waals surface area contributed by atoms with Gasteiger partial charge in [0.25, 0.3) is 5.91 Å². The molecular formula is C23H25N3O. The van der Waals surface area contributed by atoms with Crippen LogP contribution in [-0.4, -0.2) is 15.7 Å². The molecule has 0 radical (unpaired) electrons. The van der Waals surface area contributed by atoms with Gasteiger partial charge in [0.15, 0.2) is 5.82 Å². The number of hydrogen-bond acceptors (Lipinski definition) is 2. The third-order valence-corrected chi connectivity index (χ3v) is 5.34. The Morgan fingerprint density at radius 3 is 2.41 bits per heavy atom. The zero-order valence-electron chi connectivity index (χ0n) is 16.4. The number of hydrogen-bond donors (Lipinski definition) is 1. The summed E-state index contributed by atoms with van der Waals surface area (Å²) in [6, 6.07) is 12.3. The maximum absolute atomic E-state index is 12.9. The van der Waals surface area contributed by atoms with Crippen molar-refractivity contribution in [3.8, 4) is 5.69 Å². The number of rotatable bonds is 3. The average Bonchev–Trinajstić information content (AvgIpc) is 3.21. The molecule has 0 fully saturated rings. The summed E-state index contributed by atoms with van der Waals surface area (Å²) < 4.78 is 1.88. The van der Waals surface area contributed by atoms with Gasteiger partial charge in [0.05, 0.1) is 5.69 Å². The molecule has 138 valence electrons. The van der Waals surface area contributed by atoms with E-state index in [-0.39, 0.29) is 5.91 Å². The van der Waals surface area contributed by atoms with Crippen molar-refractivity contribution in [1.29, 1.82) is 0 Å². The van der Waals surface area contributed by atoms with E-state index in [0.717, 1.165) is 36.2 Å². The summed E-state index contributed by atoms with van der Waals surface area (Å²) in [6.45, 7) is 8.29. The van der Waals surface area contributed by atoms with Crippen LogP contribution in [0.15, 0.2) is 36.4 Å². The van der Waals surface area contributed by atoms with Gasteiger partial charge in [-0.2, -0.15) is 0 Å². The molecule has 4 nitrogen and oxygen atoms in total. The molecule has 1 aliphatic carbocycles. The van der Waals surface area contributed by atoms with Crippen molar-refractivity contribution in [2.45, 2.75) is 47.0 Å². The van der Waals surface area contributed by atoms with Gasteiger partial charge in [-0.25, -0.2) is 4.68 Å². The molecule has 0 unspecified atom stereocenters. The first-order valence-electron chi connectivity index (χ1n) is 9.50. The highest BCUT2D eigenvalue weighted by Gasteiger charge is 2.21. The Morgan fingerprint density at radius 2 is 1.67 bits per heavy atom. The fourth-order valence-corrected chi connectivity index (χ4v) is 4.15. The fraction of sp³-hybridized carbons (Fsp3) is 0.304. The number of nitrogens with zero attached hydrogens (tertiary/aromatic N) is 2. The topological polar surface area (TPSA) is 46.9 Å². The van der Waals surface area contributed by atoms with E-state index in [2.05, 4.69) is 55.5 Å². The molecule has 0 bridgehead atoms. The molecule has 3 aromatic rings. The Hall–Kier alpha value is -2.88. The number of aryl methyl sites for hydroxylation is 4. The van der Waals surface area contributed by atoms with E-state index < -0.39 is 0 Å². The summed E-state index contributed by atoms with van der Waals surface area (Å²) in [7, 11) is 0. The molecule has 0 saturated heterocycles. The van der Waals surface area contributed by atoms with Gasteiger partial charge in [0.1, 0.15) is 0 Å². The second kappa shape index (κ2) is 6.69. The van der Waals surface area contributed by atoms with Crippen molar-refractivity contribution in [3.05, 3.63) is 75.5 Å². The number of nitrogens with one attached hydrogen (secondary N) is 1. The van der Waals surface area contributed by atoms with Crippen LogP contribution in [0.25, 0.3) is 5.69 Å². The summed E-state index contributed by atoms with van der Waals surface area (Å²) in [5, 5.41) is 7.62. The zero-order valence-corrected chi connectivity index (χ0v) is 16.4. The van der Waals surface area contributed by atoms with E-state index >= 15 is 0 Å². The highest BCUT2D eigenvalue weighted by Crippen LogP contribution is 2.29. The first kappa shape index (κ1) is 17.5. The highest BCUT2D eigenvalue weighted by atomic mass is 16.1. The average molecular weight is 359 g/mol. The van der Waals surface area contributed by atoms with Crippen LogP contribution in [0.2, 0.25) is 0 Å². The smallest absolute Gasteiger partial charge is 0.257 e. The Kier molecular flexibility index (Phi) is 4.34. The predicted octanol–water partition coefficient (Wildman–Crippen LogP) is 4.85. The van der Waals surface area contributed by atoms with Gasteiger partial charge in [-0.15, -0.1) is 5.10 Å². The molecule has 0 saturated carbocycles.